The average molecular weight is 394 g/mol. The van der Waals surface area contributed by atoms with Gasteiger partial charge in [0.25, 0.3) is 0 Å². The van der Waals surface area contributed by atoms with Gasteiger partial charge in [-0.15, -0.1) is 0 Å². The first-order valence-corrected chi connectivity index (χ1v) is 7.47. The van der Waals surface area contributed by atoms with E-state index in [1.165, 1.54) is 13.8 Å². The first kappa shape index (κ1) is 20.5. The van der Waals surface area contributed by atoms with Crippen molar-refractivity contribution in [2.24, 2.45) is 0 Å². The molecule has 0 spiro atoms. The number of anilines is 2. The second kappa shape index (κ2) is 6.14. The Bertz CT molecular complexity index is 817. The van der Waals surface area contributed by atoms with Crippen molar-refractivity contribution in [2.75, 3.05) is 11.5 Å². The van der Waals surface area contributed by atoms with Gasteiger partial charge < -0.3 is 21.7 Å². The normalized spacial score (nSPS) is 13.0. The third-order valence-electron chi connectivity index (χ3n) is 4.37. The Hall–Kier alpha value is -2.78. The number of nitrogens with two attached hydrogens (primary N) is 2. The standard InChI is InChI=1S/C17H16F6N2O2/c1-15(2,7-3-9(16(18,19)20)13(24)11(26)5-7)8-4-10(17(21,22)23)14(25)12(27)6-8/h3-6,26-27H,24-25H2,1-2H3. The molecule has 0 aromatic heterocycles. The van der Waals surface area contributed by atoms with E-state index in [2.05, 4.69) is 0 Å². The molecule has 0 aliphatic rings. The predicted octanol–water partition coefficient (Wildman–Crippen LogP) is 4.63. The molecule has 148 valence electrons. The van der Waals surface area contributed by atoms with Crippen molar-refractivity contribution in [3.63, 3.8) is 0 Å². The van der Waals surface area contributed by atoms with Gasteiger partial charge in [-0.2, -0.15) is 26.3 Å². The minimum Gasteiger partial charge on any atom is -0.506 e. The lowest BCUT2D eigenvalue weighted by molar-refractivity contribution is -0.137. The maximum atomic E-state index is 13.1. The first-order chi connectivity index (χ1) is 12.1. The van der Waals surface area contributed by atoms with E-state index in [-0.39, 0.29) is 11.1 Å². The van der Waals surface area contributed by atoms with Gasteiger partial charge >= 0.3 is 12.4 Å². The van der Waals surface area contributed by atoms with Gasteiger partial charge in [-0.3, -0.25) is 0 Å². The van der Waals surface area contributed by atoms with Gasteiger partial charge in [0.05, 0.1) is 22.5 Å². The molecular formula is C17H16F6N2O2. The van der Waals surface area contributed by atoms with E-state index in [0.717, 1.165) is 12.1 Å². The van der Waals surface area contributed by atoms with Crippen LogP contribution >= 0.6 is 0 Å². The number of hydrogen-bond donors (Lipinski definition) is 4. The molecule has 0 atom stereocenters. The van der Waals surface area contributed by atoms with Gasteiger partial charge in [0, 0.05) is 5.41 Å². The molecular weight excluding hydrogens is 378 g/mol. The Morgan fingerprint density at radius 1 is 0.667 bits per heavy atom. The third-order valence-corrected chi connectivity index (χ3v) is 4.37. The lowest BCUT2D eigenvalue weighted by Gasteiger charge is -2.29. The van der Waals surface area contributed by atoms with Crippen LogP contribution in [0.3, 0.4) is 0 Å². The average Bonchev–Trinajstić information content (AvgIpc) is 2.49. The van der Waals surface area contributed by atoms with Crippen LogP contribution in [0.25, 0.3) is 0 Å². The summed E-state index contributed by atoms with van der Waals surface area (Å²) in [6.07, 6.45) is -9.76. The molecule has 0 unspecified atom stereocenters. The summed E-state index contributed by atoms with van der Waals surface area (Å²) in [5.74, 6) is -1.72. The highest BCUT2D eigenvalue weighted by Crippen LogP contribution is 2.45. The van der Waals surface area contributed by atoms with E-state index in [1.807, 2.05) is 0 Å². The van der Waals surface area contributed by atoms with E-state index in [0.29, 0.717) is 12.1 Å². The summed E-state index contributed by atoms with van der Waals surface area (Å²) in [4.78, 5) is 0. The van der Waals surface area contributed by atoms with Crippen LogP contribution in [0.4, 0.5) is 37.7 Å². The molecule has 0 radical (unpaired) electrons. The Labute approximate surface area is 150 Å². The number of aromatic hydroxyl groups is 2. The highest BCUT2D eigenvalue weighted by atomic mass is 19.4. The zero-order valence-electron chi connectivity index (χ0n) is 14.1. The number of benzene rings is 2. The molecule has 0 aliphatic heterocycles. The molecule has 10 heteroatoms. The summed E-state index contributed by atoms with van der Waals surface area (Å²) in [7, 11) is 0. The zero-order valence-corrected chi connectivity index (χ0v) is 14.1. The van der Waals surface area contributed by atoms with Crippen LogP contribution in [0.15, 0.2) is 24.3 Å². The molecule has 2 aromatic carbocycles. The highest BCUT2D eigenvalue weighted by molar-refractivity contribution is 5.65. The van der Waals surface area contributed by atoms with Crippen LogP contribution < -0.4 is 11.5 Å². The Kier molecular flexibility index (Phi) is 4.67. The fraction of sp³-hybridized carbons (Fsp3) is 0.294. The van der Waals surface area contributed by atoms with Gasteiger partial charge in [0.2, 0.25) is 0 Å². The number of halogens is 6. The second-order valence-electron chi connectivity index (χ2n) is 6.53. The topological polar surface area (TPSA) is 92.5 Å². The van der Waals surface area contributed by atoms with Crippen LogP contribution in [0.5, 0.6) is 11.5 Å². The van der Waals surface area contributed by atoms with Crippen molar-refractivity contribution in [1.82, 2.24) is 0 Å². The van der Waals surface area contributed by atoms with Crippen molar-refractivity contribution in [3.8, 4) is 11.5 Å². The Morgan fingerprint density at radius 2 is 0.963 bits per heavy atom. The monoisotopic (exact) mass is 394 g/mol. The number of phenols is 2. The zero-order chi connectivity index (χ0) is 20.9. The summed E-state index contributed by atoms with van der Waals surface area (Å²) >= 11 is 0. The van der Waals surface area contributed by atoms with Gasteiger partial charge in [-0.25, -0.2) is 0 Å². The minimum atomic E-state index is -4.88. The fourth-order valence-corrected chi connectivity index (χ4v) is 2.63. The van der Waals surface area contributed by atoms with Crippen molar-refractivity contribution in [3.05, 3.63) is 46.5 Å². The fourth-order valence-electron chi connectivity index (χ4n) is 2.63. The van der Waals surface area contributed by atoms with E-state index >= 15 is 0 Å². The molecule has 2 aromatic rings. The lowest BCUT2D eigenvalue weighted by atomic mass is 9.76. The van der Waals surface area contributed by atoms with Crippen LogP contribution in [-0.4, -0.2) is 10.2 Å². The van der Waals surface area contributed by atoms with Gasteiger partial charge in [-0.1, -0.05) is 13.8 Å². The SMILES string of the molecule is CC(C)(c1cc(O)c(N)c(C(F)(F)F)c1)c1cc(O)c(N)c(C(F)(F)F)c1. The third kappa shape index (κ3) is 3.69. The number of phenolic OH excluding ortho intramolecular Hbond substituents is 2. The first-order valence-electron chi connectivity index (χ1n) is 7.47. The Morgan fingerprint density at radius 3 is 1.22 bits per heavy atom. The summed E-state index contributed by atoms with van der Waals surface area (Å²) in [5, 5.41) is 19.5. The minimum absolute atomic E-state index is 0.154. The number of alkyl halides is 6. The summed E-state index contributed by atoms with van der Waals surface area (Å²) < 4.78 is 78.8. The molecule has 27 heavy (non-hydrogen) atoms. The van der Waals surface area contributed by atoms with E-state index in [1.54, 1.807) is 0 Å². The largest absolute Gasteiger partial charge is 0.506 e. The summed E-state index contributed by atoms with van der Waals surface area (Å²) in [5.41, 5.74) is 4.35. The smallest absolute Gasteiger partial charge is 0.418 e. The van der Waals surface area contributed by atoms with Gasteiger partial charge in [0.1, 0.15) is 11.5 Å². The molecule has 6 N–H and O–H groups in total. The molecule has 0 aliphatic carbocycles. The molecule has 0 saturated heterocycles. The van der Waals surface area contributed by atoms with Crippen LogP contribution in [-0.2, 0) is 17.8 Å². The highest BCUT2D eigenvalue weighted by Gasteiger charge is 2.39. The van der Waals surface area contributed by atoms with Crippen molar-refractivity contribution in [2.45, 2.75) is 31.6 Å². The quantitative estimate of drug-likeness (QED) is 0.340. The van der Waals surface area contributed by atoms with Crippen LogP contribution in [0.2, 0.25) is 0 Å². The lowest BCUT2D eigenvalue weighted by Crippen LogP contribution is -2.22. The van der Waals surface area contributed by atoms with E-state index in [4.69, 9.17) is 11.5 Å². The number of nitrogen functional groups attached to an aromatic ring is 2. The molecule has 4 nitrogen and oxygen atoms in total. The molecule has 0 amide bonds. The predicted molar refractivity (Wildman–Crippen MR) is 87.2 cm³/mol. The number of hydrogen-bond acceptors (Lipinski definition) is 4. The van der Waals surface area contributed by atoms with Crippen molar-refractivity contribution >= 4 is 11.4 Å². The number of rotatable bonds is 2. The Balaban J connectivity index is 2.74. The van der Waals surface area contributed by atoms with Crippen LogP contribution in [0.1, 0.15) is 36.1 Å². The molecule has 0 bridgehead atoms. The molecule has 0 saturated carbocycles. The maximum Gasteiger partial charge on any atom is 0.418 e. The van der Waals surface area contributed by atoms with Crippen molar-refractivity contribution < 1.29 is 36.6 Å². The van der Waals surface area contributed by atoms with Gasteiger partial charge in [-0.05, 0) is 35.4 Å². The van der Waals surface area contributed by atoms with E-state index < -0.39 is 51.8 Å². The van der Waals surface area contributed by atoms with Crippen molar-refractivity contribution in [1.29, 1.82) is 0 Å². The van der Waals surface area contributed by atoms with E-state index in [9.17, 15) is 36.6 Å². The molecule has 0 fully saturated rings. The maximum absolute atomic E-state index is 13.1. The summed E-state index contributed by atoms with van der Waals surface area (Å²) in [6, 6.07) is 3.17. The van der Waals surface area contributed by atoms with Gasteiger partial charge in [0.15, 0.2) is 0 Å². The van der Waals surface area contributed by atoms with Crippen LogP contribution in [0, 0.1) is 0 Å². The second-order valence-corrected chi connectivity index (χ2v) is 6.53. The molecule has 0 heterocycles. The molecule has 2 rings (SSSR count). The summed E-state index contributed by atoms with van der Waals surface area (Å²) in [6.45, 7) is 2.67.